The molecule has 0 spiro atoms. The quantitative estimate of drug-likeness (QED) is 0.188. The van der Waals surface area contributed by atoms with Crippen LogP contribution in [0.2, 0.25) is 0 Å². The molecule has 0 aromatic carbocycles. The lowest BCUT2D eigenvalue weighted by Crippen LogP contribution is -3.00. The van der Waals surface area contributed by atoms with Crippen molar-refractivity contribution in [2.75, 3.05) is 41.4 Å². The normalized spacial score (nSPS) is 10.6. The summed E-state index contributed by atoms with van der Waals surface area (Å²) in [4.78, 5) is 10.6. The third-order valence-corrected chi connectivity index (χ3v) is 2.02. The summed E-state index contributed by atoms with van der Waals surface area (Å²) in [5.41, 5.74) is 0. The van der Waals surface area contributed by atoms with Gasteiger partial charge in [-0.05, 0) is 0 Å². The Bertz CT molecular complexity index is 350. The first kappa shape index (κ1) is 23.4. The molecular weight excluding hydrogens is 298 g/mol. The predicted molar refractivity (Wildman–Crippen MR) is 67.2 cm³/mol. The number of rotatable bonds is 6. The van der Waals surface area contributed by atoms with Crippen molar-refractivity contribution in [2.24, 2.45) is 0 Å². The van der Waals surface area contributed by atoms with E-state index in [1.54, 1.807) is 0 Å². The van der Waals surface area contributed by atoms with Gasteiger partial charge in [-0.25, -0.2) is 4.79 Å². The van der Waals surface area contributed by atoms with Crippen molar-refractivity contribution in [1.29, 1.82) is 0 Å². The number of ether oxygens (including phenoxy) is 1. The van der Waals surface area contributed by atoms with E-state index in [0.717, 1.165) is 24.6 Å². The van der Waals surface area contributed by atoms with Gasteiger partial charge in [0.05, 0.1) is 41.4 Å². The highest BCUT2D eigenvalue weighted by molar-refractivity contribution is 7.80. The van der Waals surface area contributed by atoms with Crippen LogP contribution in [0, 0.1) is 0 Å². The van der Waals surface area contributed by atoms with Gasteiger partial charge in [0.15, 0.2) is 0 Å². The molecule has 0 rings (SSSR count). The molecule has 0 aliphatic heterocycles. The first-order chi connectivity index (χ1) is 8.02. The van der Waals surface area contributed by atoms with E-state index in [1.165, 1.54) is 6.08 Å². The third-order valence-electron chi connectivity index (χ3n) is 1.59. The molecule has 0 bridgehead atoms. The van der Waals surface area contributed by atoms with Crippen molar-refractivity contribution in [3.05, 3.63) is 12.7 Å². The summed E-state index contributed by atoms with van der Waals surface area (Å²) in [5.74, 6) is -0.337. The average Bonchev–Trinajstić information content (AvgIpc) is 2.22. The molecule has 0 aliphatic rings. The SMILES string of the molecule is C=CC(=O)OCCC[N+](C)(C)C.COS(=O)(=O)O.[Cl-]. The highest BCUT2D eigenvalue weighted by atomic mass is 35.5. The number of hydrogen-bond donors (Lipinski definition) is 1. The number of quaternary nitrogens is 1. The Morgan fingerprint density at radius 2 is 1.79 bits per heavy atom. The lowest BCUT2D eigenvalue weighted by Gasteiger charge is -2.23. The molecule has 0 saturated carbocycles. The second kappa shape index (κ2) is 11.2. The number of halogens is 1. The maximum atomic E-state index is 10.6. The highest BCUT2D eigenvalue weighted by Gasteiger charge is 2.06. The van der Waals surface area contributed by atoms with Crippen LogP contribution in [0.5, 0.6) is 0 Å². The van der Waals surface area contributed by atoms with Gasteiger partial charge < -0.3 is 21.6 Å². The Balaban J connectivity index is -0.000000313. The van der Waals surface area contributed by atoms with Crippen molar-refractivity contribution in [3.8, 4) is 0 Å². The number of carbonyl (C=O) groups excluding carboxylic acids is 1. The topological polar surface area (TPSA) is 89.9 Å². The minimum Gasteiger partial charge on any atom is -1.00 e. The zero-order chi connectivity index (χ0) is 14.8. The highest BCUT2D eigenvalue weighted by Crippen LogP contribution is 1.94. The van der Waals surface area contributed by atoms with Crippen LogP contribution in [0.25, 0.3) is 0 Å². The molecule has 0 radical (unpaired) electrons. The third kappa shape index (κ3) is 26.8. The fourth-order valence-electron chi connectivity index (χ4n) is 0.771. The van der Waals surface area contributed by atoms with Crippen LogP contribution >= 0.6 is 0 Å². The van der Waals surface area contributed by atoms with E-state index in [4.69, 9.17) is 9.29 Å². The van der Waals surface area contributed by atoms with Gasteiger partial charge in [-0.3, -0.25) is 8.74 Å². The molecule has 0 unspecified atom stereocenters. The molecule has 1 N–H and O–H groups in total. The summed E-state index contributed by atoms with van der Waals surface area (Å²) in [5, 5.41) is 0. The number of hydrogen-bond acceptors (Lipinski definition) is 5. The molecule has 0 aliphatic carbocycles. The zero-order valence-corrected chi connectivity index (χ0v) is 13.2. The van der Waals surface area contributed by atoms with Crippen LogP contribution < -0.4 is 12.4 Å². The lowest BCUT2D eigenvalue weighted by molar-refractivity contribution is -0.870. The smallest absolute Gasteiger partial charge is 0.397 e. The first-order valence-corrected chi connectivity index (χ1v) is 6.51. The zero-order valence-electron chi connectivity index (χ0n) is 11.6. The van der Waals surface area contributed by atoms with E-state index in [-0.39, 0.29) is 18.4 Å². The second-order valence-electron chi connectivity index (χ2n) is 4.33. The van der Waals surface area contributed by atoms with Crippen LogP contribution in [-0.2, 0) is 24.1 Å². The largest absolute Gasteiger partial charge is 1.00 e. The number of carbonyl (C=O) groups is 1. The molecule has 0 atom stereocenters. The Hall–Kier alpha value is -0.670. The van der Waals surface area contributed by atoms with E-state index in [2.05, 4.69) is 31.9 Å². The van der Waals surface area contributed by atoms with Gasteiger partial charge in [-0.2, -0.15) is 8.42 Å². The first-order valence-electron chi connectivity index (χ1n) is 5.14. The molecule has 0 amide bonds. The Morgan fingerprint density at radius 3 is 2.05 bits per heavy atom. The maximum Gasteiger partial charge on any atom is 0.397 e. The molecule has 9 heteroatoms. The van der Waals surface area contributed by atoms with Gasteiger partial charge in [0.1, 0.15) is 0 Å². The summed E-state index contributed by atoms with van der Waals surface area (Å²) in [6.07, 6.45) is 2.08. The van der Waals surface area contributed by atoms with Crippen molar-refractivity contribution in [2.45, 2.75) is 6.42 Å². The van der Waals surface area contributed by atoms with E-state index in [9.17, 15) is 13.2 Å². The van der Waals surface area contributed by atoms with Crippen LogP contribution in [0.1, 0.15) is 6.42 Å². The van der Waals surface area contributed by atoms with Gasteiger partial charge >= 0.3 is 16.4 Å². The fourth-order valence-corrected chi connectivity index (χ4v) is 0.771. The predicted octanol–water partition coefficient (Wildman–Crippen LogP) is -2.75. The number of esters is 1. The van der Waals surface area contributed by atoms with E-state index in [0.29, 0.717) is 6.61 Å². The van der Waals surface area contributed by atoms with Gasteiger partial charge in [0, 0.05) is 12.5 Å². The van der Waals surface area contributed by atoms with Crippen LogP contribution in [-0.4, -0.2) is 64.8 Å². The van der Waals surface area contributed by atoms with E-state index in [1.807, 2.05) is 0 Å². The van der Waals surface area contributed by atoms with E-state index >= 15 is 0 Å². The van der Waals surface area contributed by atoms with Crippen LogP contribution in [0.4, 0.5) is 0 Å². The Morgan fingerprint density at radius 1 is 1.37 bits per heavy atom. The van der Waals surface area contributed by atoms with Gasteiger partial charge in [-0.15, -0.1) is 0 Å². The molecule has 0 fully saturated rings. The van der Waals surface area contributed by atoms with Gasteiger partial charge in [0.2, 0.25) is 0 Å². The molecule has 0 aromatic heterocycles. The lowest BCUT2D eigenvalue weighted by atomic mass is 10.4. The molecular formula is C10H22ClNO6S. The molecule has 0 aromatic rings. The molecule has 19 heavy (non-hydrogen) atoms. The monoisotopic (exact) mass is 319 g/mol. The van der Waals surface area contributed by atoms with Crippen molar-refractivity contribution < 1.29 is 43.6 Å². The molecule has 0 heterocycles. The van der Waals surface area contributed by atoms with Crippen LogP contribution in [0.3, 0.4) is 0 Å². The average molecular weight is 320 g/mol. The van der Waals surface area contributed by atoms with Crippen molar-refractivity contribution in [3.63, 3.8) is 0 Å². The summed E-state index contributed by atoms with van der Waals surface area (Å²) in [6.45, 7) is 4.80. The van der Waals surface area contributed by atoms with Gasteiger partial charge in [-0.1, -0.05) is 6.58 Å². The summed E-state index contributed by atoms with van der Waals surface area (Å²) in [6, 6.07) is 0. The van der Waals surface area contributed by atoms with Gasteiger partial charge in [0.25, 0.3) is 0 Å². The summed E-state index contributed by atoms with van der Waals surface area (Å²) in [7, 11) is 3.03. The summed E-state index contributed by atoms with van der Waals surface area (Å²) >= 11 is 0. The molecule has 0 saturated heterocycles. The second-order valence-corrected chi connectivity index (χ2v) is 5.52. The minimum atomic E-state index is -4.16. The standard InChI is InChI=1S/C9H18NO2.CH4O4S.ClH/c1-5-9(11)12-8-6-7-10(2,3)4;1-5-6(2,3)4;/h5H,1,6-8H2,2-4H3;1H3,(H,2,3,4);1H/q+1;;/p-1. The van der Waals surface area contributed by atoms with Crippen molar-refractivity contribution >= 4 is 16.4 Å². The van der Waals surface area contributed by atoms with Crippen LogP contribution in [0.15, 0.2) is 12.7 Å². The molecule has 7 nitrogen and oxygen atoms in total. The minimum absolute atomic E-state index is 0. The summed E-state index contributed by atoms with van der Waals surface area (Å²) < 4.78 is 35.4. The van der Waals surface area contributed by atoms with E-state index < -0.39 is 10.4 Å². The Labute approximate surface area is 121 Å². The molecule has 116 valence electrons. The van der Waals surface area contributed by atoms with Crippen molar-refractivity contribution in [1.82, 2.24) is 0 Å². The fraction of sp³-hybridized carbons (Fsp3) is 0.700. The Kier molecular flexibility index (Phi) is 13.8. The maximum absolute atomic E-state index is 10.6. The number of nitrogens with zero attached hydrogens (tertiary/aromatic N) is 1.